The number of nitrogens with two attached hydrogens (primary N) is 1. The van der Waals surface area contributed by atoms with Crippen LogP contribution < -0.4 is 5.73 Å². The smallest absolute Gasteiger partial charge is 0.232 e. The molecule has 0 saturated carbocycles. The van der Waals surface area contributed by atoms with Crippen molar-refractivity contribution < 1.29 is 4.52 Å². The van der Waals surface area contributed by atoms with Gasteiger partial charge in [-0.05, 0) is 23.6 Å². The van der Waals surface area contributed by atoms with Gasteiger partial charge in [-0.15, -0.1) is 11.3 Å². The molecule has 4 nitrogen and oxygen atoms in total. The van der Waals surface area contributed by atoms with E-state index in [0.29, 0.717) is 23.8 Å². The maximum absolute atomic E-state index is 5.88. The molecule has 3 rings (SSSR count). The quantitative estimate of drug-likeness (QED) is 0.732. The number of aromatic nitrogens is 2. The first kappa shape index (κ1) is 11.0. The predicted molar refractivity (Wildman–Crippen MR) is 71.3 cm³/mol. The molecule has 2 aromatic heterocycles. The third kappa shape index (κ3) is 2.12. The minimum Gasteiger partial charge on any atom is -0.398 e. The van der Waals surface area contributed by atoms with E-state index < -0.39 is 0 Å². The Hall–Kier alpha value is -2.14. The highest BCUT2D eigenvalue weighted by molar-refractivity contribution is 7.09. The predicted octanol–water partition coefficient (Wildman–Crippen LogP) is 2.97. The van der Waals surface area contributed by atoms with E-state index in [2.05, 4.69) is 10.1 Å². The maximum Gasteiger partial charge on any atom is 0.232 e. The van der Waals surface area contributed by atoms with Gasteiger partial charge in [0.2, 0.25) is 11.7 Å². The summed E-state index contributed by atoms with van der Waals surface area (Å²) in [5.41, 5.74) is 7.34. The fourth-order valence-corrected chi connectivity index (χ4v) is 2.39. The molecule has 0 aliphatic carbocycles. The number of hydrogen-bond donors (Lipinski definition) is 1. The van der Waals surface area contributed by atoms with Gasteiger partial charge >= 0.3 is 0 Å². The summed E-state index contributed by atoms with van der Waals surface area (Å²) in [4.78, 5) is 5.57. The summed E-state index contributed by atoms with van der Waals surface area (Å²) in [6.07, 6.45) is 0.664. The van der Waals surface area contributed by atoms with Gasteiger partial charge in [0.15, 0.2) is 0 Å². The molecule has 0 bridgehead atoms. The van der Waals surface area contributed by atoms with Crippen LogP contribution in [0.1, 0.15) is 10.8 Å². The van der Waals surface area contributed by atoms with Gasteiger partial charge in [-0.2, -0.15) is 4.98 Å². The summed E-state index contributed by atoms with van der Waals surface area (Å²) >= 11 is 1.67. The van der Waals surface area contributed by atoms with Crippen molar-refractivity contribution in [1.82, 2.24) is 10.1 Å². The summed E-state index contributed by atoms with van der Waals surface area (Å²) in [5, 5.41) is 6.00. The lowest BCUT2D eigenvalue weighted by molar-refractivity contribution is 0.386. The lowest BCUT2D eigenvalue weighted by atomic mass is 10.2. The molecule has 0 fully saturated rings. The summed E-state index contributed by atoms with van der Waals surface area (Å²) in [6.45, 7) is 0. The fraction of sp³-hybridized carbons (Fsp3) is 0.0769. The highest BCUT2D eigenvalue weighted by Gasteiger charge is 2.11. The summed E-state index contributed by atoms with van der Waals surface area (Å²) in [6, 6.07) is 11.5. The van der Waals surface area contributed by atoms with Crippen molar-refractivity contribution >= 4 is 17.0 Å². The van der Waals surface area contributed by atoms with Crippen molar-refractivity contribution in [2.45, 2.75) is 6.42 Å². The topological polar surface area (TPSA) is 64.9 Å². The van der Waals surface area contributed by atoms with Crippen LogP contribution in [-0.4, -0.2) is 10.1 Å². The monoisotopic (exact) mass is 257 g/mol. The second-order valence-corrected chi connectivity index (χ2v) is 4.89. The standard InChI is InChI=1S/C13H11N3OS/c14-11-6-2-1-5-10(11)13-15-12(17-16-13)8-9-4-3-7-18-9/h1-7H,8,14H2. The Labute approximate surface area is 108 Å². The molecule has 3 aromatic rings. The summed E-state index contributed by atoms with van der Waals surface area (Å²) < 4.78 is 5.24. The molecule has 0 spiro atoms. The van der Waals surface area contributed by atoms with E-state index in [9.17, 15) is 0 Å². The Morgan fingerprint density at radius 1 is 1.17 bits per heavy atom. The van der Waals surface area contributed by atoms with E-state index in [1.54, 1.807) is 11.3 Å². The third-order valence-corrected chi connectivity index (χ3v) is 3.45. The Bertz CT molecular complexity index is 646. The average molecular weight is 257 g/mol. The SMILES string of the molecule is Nc1ccccc1-c1noc(Cc2cccs2)n1. The van der Waals surface area contributed by atoms with Gasteiger partial charge in [-0.1, -0.05) is 23.4 Å². The van der Waals surface area contributed by atoms with Crippen LogP contribution in [0.2, 0.25) is 0 Å². The molecule has 0 radical (unpaired) electrons. The average Bonchev–Trinajstić information content (AvgIpc) is 3.02. The van der Waals surface area contributed by atoms with Crippen LogP contribution in [-0.2, 0) is 6.42 Å². The van der Waals surface area contributed by atoms with Crippen molar-refractivity contribution in [3.63, 3.8) is 0 Å². The van der Waals surface area contributed by atoms with Crippen molar-refractivity contribution in [2.75, 3.05) is 5.73 Å². The van der Waals surface area contributed by atoms with Gasteiger partial charge in [0.1, 0.15) is 0 Å². The minimum atomic E-state index is 0.541. The first-order chi connectivity index (χ1) is 8.83. The lowest BCUT2D eigenvalue weighted by Gasteiger charge is -1.97. The number of para-hydroxylation sites is 1. The van der Waals surface area contributed by atoms with Crippen LogP contribution >= 0.6 is 11.3 Å². The largest absolute Gasteiger partial charge is 0.398 e. The molecule has 1 aromatic carbocycles. The Balaban J connectivity index is 1.88. The molecule has 0 amide bonds. The molecule has 0 unspecified atom stereocenters. The normalized spacial score (nSPS) is 10.7. The number of anilines is 1. The van der Waals surface area contributed by atoms with E-state index in [1.165, 1.54) is 4.88 Å². The molecule has 2 heterocycles. The van der Waals surface area contributed by atoms with Crippen LogP contribution in [0.25, 0.3) is 11.4 Å². The van der Waals surface area contributed by atoms with Crippen molar-refractivity contribution in [3.05, 3.63) is 52.5 Å². The van der Waals surface area contributed by atoms with Crippen molar-refractivity contribution in [2.24, 2.45) is 0 Å². The number of benzene rings is 1. The number of thiophene rings is 1. The molecular formula is C13H11N3OS. The van der Waals surface area contributed by atoms with Gasteiger partial charge in [0.05, 0.1) is 6.42 Å². The Kier molecular flexibility index (Phi) is 2.82. The highest BCUT2D eigenvalue weighted by atomic mass is 32.1. The van der Waals surface area contributed by atoms with Gasteiger partial charge in [-0.25, -0.2) is 0 Å². The van der Waals surface area contributed by atoms with E-state index in [-0.39, 0.29) is 0 Å². The lowest BCUT2D eigenvalue weighted by Crippen LogP contribution is -1.91. The summed E-state index contributed by atoms with van der Waals surface area (Å²) in [5.74, 6) is 1.15. The van der Waals surface area contributed by atoms with Gasteiger partial charge in [0.25, 0.3) is 0 Å². The molecule has 18 heavy (non-hydrogen) atoms. The van der Waals surface area contributed by atoms with Gasteiger partial charge in [0, 0.05) is 16.1 Å². The molecule has 0 aliphatic rings. The first-order valence-electron chi connectivity index (χ1n) is 5.53. The molecule has 2 N–H and O–H groups in total. The zero-order valence-corrected chi connectivity index (χ0v) is 10.4. The van der Waals surface area contributed by atoms with Crippen LogP contribution in [0.4, 0.5) is 5.69 Å². The van der Waals surface area contributed by atoms with Gasteiger partial charge in [-0.3, -0.25) is 0 Å². The molecule has 5 heteroatoms. The highest BCUT2D eigenvalue weighted by Crippen LogP contribution is 2.23. The van der Waals surface area contributed by atoms with Crippen LogP contribution in [0.5, 0.6) is 0 Å². The van der Waals surface area contributed by atoms with E-state index in [1.807, 2.05) is 41.8 Å². The minimum absolute atomic E-state index is 0.541. The summed E-state index contributed by atoms with van der Waals surface area (Å²) in [7, 11) is 0. The second-order valence-electron chi connectivity index (χ2n) is 3.86. The Morgan fingerprint density at radius 3 is 2.83 bits per heavy atom. The van der Waals surface area contributed by atoms with E-state index in [4.69, 9.17) is 10.3 Å². The maximum atomic E-state index is 5.88. The van der Waals surface area contributed by atoms with Crippen LogP contribution in [0.15, 0.2) is 46.3 Å². The third-order valence-electron chi connectivity index (χ3n) is 2.58. The number of nitrogens with zero attached hydrogens (tertiary/aromatic N) is 2. The molecule has 0 aliphatic heterocycles. The molecule has 0 saturated heterocycles. The molecular weight excluding hydrogens is 246 g/mol. The second kappa shape index (κ2) is 4.62. The zero-order chi connectivity index (χ0) is 12.4. The first-order valence-corrected chi connectivity index (χ1v) is 6.41. The van der Waals surface area contributed by atoms with Crippen LogP contribution in [0.3, 0.4) is 0 Å². The van der Waals surface area contributed by atoms with Crippen molar-refractivity contribution in [1.29, 1.82) is 0 Å². The van der Waals surface area contributed by atoms with E-state index >= 15 is 0 Å². The fourth-order valence-electron chi connectivity index (χ4n) is 1.70. The van der Waals surface area contributed by atoms with Crippen molar-refractivity contribution in [3.8, 4) is 11.4 Å². The van der Waals surface area contributed by atoms with E-state index in [0.717, 1.165) is 5.56 Å². The Morgan fingerprint density at radius 2 is 2.06 bits per heavy atom. The molecule has 90 valence electrons. The number of hydrogen-bond acceptors (Lipinski definition) is 5. The molecule has 0 atom stereocenters. The number of nitrogen functional groups attached to an aromatic ring is 1. The van der Waals surface area contributed by atoms with Crippen LogP contribution in [0, 0.1) is 0 Å². The number of rotatable bonds is 3. The zero-order valence-electron chi connectivity index (χ0n) is 9.54. The van der Waals surface area contributed by atoms with Gasteiger partial charge < -0.3 is 10.3 Å².